The van der Waals surface area contributed by atoms with Gasteiger partial charge in [-0.3, -0.25) is 19.3 Å². The highest BCUT2D eigenvalue weighted by atomic mass is 16.5. The van der Waals surface area contributed by atoms with Crippen molar-refractivity contribution in [3.63, 3.8) is 0 Å². The van der Waals surface area contributed by atoms with E-state index < -0.39 is 0 Å². The van der Waals surface area contributed by atoms with Crippen molar-refractivity contribution in [2.75, 3.05) is 52.5 Å². The number of carbonyl (C=O) groups excluding carboxylic acids is 3. The minimum Gasteiger partial charge on any atom is -0.466 e. The zero-order chi connectivity index (χ0) is 21.9. The largest absolute Gasteiger partial charge is 0.466 e. The minimum atomic E-state index is -0.235. The Balaban J connectivity index is 1.75. The van der Waals surface area contributed by atoms with Crippen molar-refractivity contribution in [3.8, 4) is 0 Å². The first-order chi connectivity index (χ1) is 14.5. The second-order valence-electron chi connectivity index (χ2n) is 8.20. The van der Waals surface area contributed by atoms with Crippen LogP contribution in [0.25, 0.3) is 0 Å². The van der Waals surface area contributed by atoms with E-state index in [-0.39, 0.29) is 35.7 Å². The van der Waals surface area contributed by atoms with Gasteiger partial charge in [0.25, 0.3) is 0 Å². The molecular weight excluding hydrogens is 386 g/mol. The highest BCUT2D eigenvalue weighted by molar-refractivity contribution is 5.83. The molecule has 2 atom stereocenters. The Morgan fingerprint density at radius 3 is 2.43 bits per heavy atom. The maximum atomic E-state index is 13.0. The molecule has 1 N–H and O–H groups in total. The summed E-state index contributed by atoms with van der Waals surface area (Å²) >= 11 is 0. The standard InChI is InChI=1S/C22H39N3O5/c1-4-29-15-7-11-23-20(26)18-9-13-24(14-10-18)17(3)21(27)25-12-6-8-19(16-25)22(28)30-5-2/h17-19H,4-16H2,1-3H3,(H,23,26). The van der Waals surface area contributed by atoms with E-state index in [4.69, 9.17) is 9.47 Å². The summed E-state index contributed by atoms with van der Waals surface area (Å²) in [4.78, 5) is 41.4. The van der Waals surface area contributed by atoms with Crippen molar-refractivity contribution < 1.29 is 23.9 Å². The monoisotopic (exact) mass is 425 g/mol. The third-order valence-corrected chi connectivity index (χ3v) is 6.13. The Labute approximate surface area is 180 Å². The van der Waals surface area contributed by atoms with Crippen LogP contribution in [0, 0.1) is 11.8 Å². The van der Waals surface area contributed by atoms with Gasteiger partial charge in [-0.1, -0.05) is 0 Å². The van der Waals surface area contributed by atoms with Crippen LogP contribution >= 0.6 is 0 Å². The van der Waals surface area contributed by atoms with Crippen LogP contribution in [0.4, 0.5) is 0 Å². The summed E-state index contributed by atoms with van der Waals surface area (Å²) in [6.07, 6.45) is 3.96. The lowest BCUT2D eigenvalue weighted by molar-refractivity contribution is -0.152. The number of carbonyl (C=O) groups is 3. The normalized spacial score (nSPS) is 21.8. The molecule has 8 heteroatoms. The highest BCUT2D eigenvalue weighted by Gasteiger charge is 2.35. The topological polar surface area (TPSA) is 88.2 Å². The molecule has 0 aromatic carbocycles. The molecule has 0 aromatic rings. The Morgan fingerprint density at radius 2 is 1.77 bits per heavy atom. The molecule has 2 heterocycles. The lowest BCUT2D eigenvalue weighted by Gasteiger charge is -2.39. The van der Waals surface area contributed by atoms with Crippen molar-refractivity contribution in [3.05, 3.63) is 0 Å². The van der Waals surface area contributed by atoms with Crippen molar-refractivity contribution >= 4 is 17.8 Å². The van der Waals surface area contributed by atoms with Crippen LogP contribution in [0.1, 0.15) is 52.9 Å². The number of piperidine rings is 2. The molecule has 0 saturated carbocycles. The number of likely N-dealkylation sites (tertiary alicyclic amines) is 2. The predicted molar refractivity (Wildman–Crippen MR) is 114 cm³/mol. The summed E-state index contributed by atoms with van der Waals surface area (Å²) in [5.74, 6) is -0.220. The van der Waals surface area contributed by atoms with Gasteiger partial charge in [0, 0.05) is 38.8 Å². The second kappa shape index (κ2) is 12.9. The lowest BCUT2D eigenvalue weighted by atomic mass is 9.94. The number of nitrogens with one attached hydrogen (secondary N) is 1. The summed E-state index contributed by atoms with van der Waals surface area (Å²) in [5, 5.41) is 3.00. The average molecular weight is 426 g/mol. The van der Waals surface area contributed by atoms with Gasteiger partial charge in [0.2, 0.25) is 11.8 Å². The van der Waals surface area contributed by atoms with Crippen LogP contribution in [0.5, 0.6) is 0 Å². The molecule has 30 heavy (non-hydrogen) atoms. The quantitative estimate of drug-likeness (QED) is 0.421. The Kier molecular flexibility index (Phi) is 10.6. The first-order valence-corrected chi connectivity index (χ1v) is 11.5. The Morgan fingerprint density at radius 1 is 1.03 bits per heavy atom. The molecule has 0 spiro atoms. The van der Waals surface area contributed by atoms with Gasteiger partial charge in [0.05, 0.1) is 18.6 Å². The summed E-state index contributed by atoms with van der Waals surface area (Å²) in [6.45, 7) is 10.7. The van der Waals surface area contributed by atoms with Crippen LogP contribution in [0.15, 0.2) is 0 Å². The van der Waals surface area contributed by atoms with Crippen LogP contribution in [0.2, 0.25) is 0 Å². The molecule has 0 radical (unpaired) electrons. The van der Waals surface area contributed by atoms with Crippen molar-refractivity contribution in [2.24, 2.45) is 11.8 Å². The van der Waals surface area contributed by atoms with Gasteiger partial charge >= 0.3 is 5.97 Å². The molecule has 0 aliphatic carbocycles. The molecule has 172 valence electrons. The molecule has 2 rings (SSSR count). The Hall–Kier alpha value is -1.67. The summed E-state index contributed by atoms with van der Waals surface area (Å²) in [7, 11) is 0. The van der Waals surface area contributed by atoms with E-state index in [1.54, 1.807) is 6.92 Å². The van der Waals surface area contributed by atoms with E-state index in [0.29, 0.717) is 39.5 Å². The number of esters is 1. The van der Waals surface area contributed by atoms with Gasteiger partial charge < -0.3 is 19.7 Å². The van der Waals surface area contributed by atoms with E-state index >= 15 is 0 Å². The zero-order valence-corrected chi connectivity index (χ0v) is 18.9. The third kappa shape index (κ3) is 7.23. The first-order valence-electron chi connectivity index (χ1n) is 11.5. The fourth-order valence-electron chi connectivity index (χ4n) is 4.27. The van der Waals surface area contributed by atoms with Crippen molar-refractivity contribution in [2.45, 2.75) is 58.9 Å². The van der Waals surface area contributed by atoms with Crippen LogP contribution < -0.4 is 5.32 Å². The molecular formula is C22H39N3O5. The van der Waals surface area contributed by atoms with Gasteiger partial charge in [0.15, 0.2) is 0 Å². The molecule has 2 saturated heterocycles. The number of nitrogens with zero attached hydrogens (tertiary/aromatic N) is 2. The zero-order valence-electron chi connectivity index (χ0n) is 18.9. The molecule has 2 amide bonds. The molecule has 0 aromatic heterocycles. The van der Waals surface area contributed by atoms with Gasteiger partial charge in [0.1, 0.15) is 0 Å². The van der Waals surface area contributed by atoms with E-state index in [9.17, 15) is 14.4 Å². The van der Waals surface area contributed by atoms with Crippen LogP contribution in [-0.4, -0.2) is 86.2 Å². The van der Waals surface area contributed by atoms with E-state index in [0.717, 1.165) is 45.2 Å². The molecule has 2 unspecified atom stereocenters. The van der Waals surface area contributed by atoms with Crippen LogP contribution in [0.3, 0.4) is 0 Å². The van der Waals surface area contributed by atoms with Crippen molar-refractivity contribution in [1.82, 2.24) is 15.1 Å². The summed E-state index contributed by atoms with van der Waals surface area (Å²) in [6, 6.07) is -0.235. The molecule has 0 bridgehead atoms. The SMILES string of the molecule is CCOCCCNC(=O)C1CCN(C(C)C(=O)N2CCCC(C(=O)OCC)C2)CC1. The van der Waals surface area contributed by atoms with E-state index in [1.165, 1.54) is 0 Å². The van der Waals surface area contributed by atoms with Crippen LogP contribution in [-0.2, 0) is 23.9 Å². The average Bonchev–Trinajstić information content (AvgIpc) is 2.78. The number of hydrogen-bond acceptors (Lipinski definition) is 6. The van der Waals surface area contributed by atoms with Gasteiger partial charge in [-0.2, -0.15) is 0 Å². The molecule has 2 aliphatic heterocycles. The van der Waals surface area contributed by atoms with Crippen molar-refractivity contribution in [1.29, 1.82) is 0 Å². The van der Waals surface area contributed by atoms with Gasteiger partial charge in [-0.15, -0.1) is 0 Å². The predicted octanol–water partition coefficient (Wildman–Crippen LogP) is 1.43. The second-order valence-corrected chi connectivity index (χ2v) is 8.20. The fraction of sp³-hybridized carbons (Fsp3) is 0.864. The minimum absolute atomic E-state index is 0.0128. The summed E-state index contributed by atoms with van der Waals surface area (Å²) < 4.78 is 10.4. The Bertz CT molecular complexity index is 563. The molecule has 2 aliphatic rings. The number of ether oxygens (including phenoxy) is 2. The van der Waals surface area contributed by atoms with Gasteiger partial charge in [-0.25, -0.2) is 0 Å². The maximum Gasteiger partial charge on any atom is 0.310 e. The van der Waals surface area contributed by atoms with E-state index in [2.05, 4.69) is 10.2 Å². The maximum absolute atomic E-state index is 13.0. The number of rotatable bonds is 10. The molecule has 2 fully saturated rings. The summed E-state index contributed by atoms with van der Waals surface area (Å²) in [5.41, 5.74) is 0. The van der Waals surface area contributed by atoms with Gasteiger partial charge in [-0.05, 0) is 66.0 Å². The van der Waals surface area contributed by atoms with E-state index in [1.807, 2.05) is 18.7 Å². The number of hydrogen-bond donors (Lipinski definition) is 1. The fourth-order valence-corrected chi connectivity index (χ4v) is 4.27. The smallest absolute Gasteiger partial charge is 0.310 e. The third-order valence-electron chi connectivity index (χ3n) is 6.13. The molecule has 8 nitrogen and oxygen atoms in total. The number of amides is 2. The first kappa shape index (κ1) is 24.6. The lowest BCUT2D eigenvalue weighted by Crippen LogP contribution is -2.53. The highest BCUT2D eigenvalue weighted by Crippen LogP contribution is 2.23.